The maximum atomic E-state index is 11.3. The SMILES string of the molecule is CCN(CC(=O)NC)C1CCNCC1. The monoisotopic (exact) mass is 199 g/mol. The maximum Gasteiger partial charge on any atom is 0.233 e. The van der Waals surface area contributed by atoms with Crippen LogP contribution in [0.2, 0.25) is 0 Å². The second kappa shape index (κ2) is 5.98. The molecule has 0 unspecified atom stereocenters. The van der Waals surface area contributed by atoms with E-state index in [1.54, 1.807) is 7.05 Å². The molecule has 0 aliphatic carbocycles. The van der Waals surface area contributed by atoms with Gasteiger partial charge >= 0.3 is 0 Å². The Labute approximate surface area is 86.0 Å². The number of rotatable bonds is 4. The molecule has 0 spiro atoms. The van der Waals surface area contributed by atoms with E-state index in [4.69, 9.17) is 0 Å². The van der Waals surface area contributed by atoms with E-state index in [1.807, 2.05) is 0 Å². The van der Waals surface area contributed by atoms with Crippen LogP contribution >= 0.6 is 0 Å². The molecule has 1 heterocycles. The first-order valence-electron chi connectivity index (χ1n) is 5.43. The van der Waals surface area contributed by atoms with Gasteiger partial charge in [-0.25, -0.2) is 0 Å². The Morgan fingerprint density at radius 3 is 2.64 bits per heavy atom. The molecule has 1 amide bonds. The summed E-state index contributed by atoms with van der Waals surface area (Å²) in [4.78, 5) is 13.5. The van der Waals surface area contributed by atoms with Crippen molar-refractivity contribution in [3.8, 4) is 0 Å². The number of likely N-dealkylation sites (N-methyl/N-ethyl adjacent to an activating group) is 2. The second-order valence-corrected chi connectivity index (χ2v) is 3.72. The highest BCUT2D eigenvalue weighted by Gasteiger charge is 2.20. The Morgan fingerprint density at radius 2 is 2.14 bits per heavy atom. The minimum absolute atomic E-state index is 0.116. The van der Waals surface area contributed by atoms with Crippen molar-refractivity contribution in [3.63, 3.8) is 0 Å². The van der Waals surface area contributed by atoms with Gasteiger partial charge in [0.25, 0.3) is 0 Å². The summed E-state index contributed by atoms with van der Waals surface area (Å²) in [5.41, 5.74) is 0. The van der Waals surface area contributed by atoms with Crippen LogP contribution in [0, 0.1) is 0 Å². The zero-order valence-corrected chi connectivity index (χ0v) is 9.18. The number of hydrogen-bond donors (Lipinski definition) is 2. The van der Waals surface area contributed by atoms with Crippen molar-refractivity contribution in [1.29, 1.82) is 0 Å². The molecule has 82 valence electrons. The smallest absolute Gasteiger partial charge is 0.233 e. The van der Waals surface area contributed by atoms with E-state index >= 15 is 0 Å². The van der Waals surface area contributed by atoms with Crippen LogP contribution in [-0.4, -0.2) is 50.1 Å². The number of hydrogen-bond acceptors (Lipinski definition) is 3. The highest BCUT2D eigenvalue weighted by Crippen LogP contribution is 2.10. The Balaban J connectivity index is 2.39. The van der Waals surface area contributed by atoms with Crippen molar-refractivity contribution in [2.75, 3.05) is 33.2 Å². The summed E-state index contributed by atoms with van der Waals surface area (Å²) in [6.45, 7) is 5.77. The predicted octanol–water partition coefficient (Wildman–Crippen LogP) is -0.194. The Hall–Kier alpha value is -0.610. The molecule has 1 saturated heterocycles. The fourth-order valence-corrected chi connectivity index (χ4v) is 1.93. The lowest BCUT2D eigenvalue weighted by Crippen LogP contribution is -2.46. The van der Waals surface area contributed by atoms with Crippen LogP contribution < -0.4 is 10.6 Å². The van der Waals surface area contributed by atoms with E-state index in [-0.39, 0.29) is 5.91 Å². The first-order chi connectivity index (χ1) is 6.77. The summed E-state index contributed by atoms with van der Waals surface area (Å²) >= 11 is 0. The summed E-state index contributed by atoms with van der Waals surface area (Å²) in [7, 11) is 1.69. The highest BCUT2D eigenvalue weighted by molar-refractivity contribution is 5.77. The summed E-state index contributed by atoms with van der Waals surface area (Å²) in [5.74, 6) is 0.116. The van der Waals surface area contributed by atoms with Crippen molar-refractivity contribution in [3.05, 3.63) is 0 Å². The van der Waals surface area contributed by atoms with Crippen molar-refractivity contribution in [2.45, 2.75) is 25.8 Å². The van der Waals surface area contributed by atoms with Crippen molar-refractivity contribution < 1.29 is 4.79 Å². The van der Waals surface area contributed by atoms with E-state index in [9.17, 15) is 4.79 Å². The fourth-order valence-electron chi connectivity index (χ4n) is 1.93. The number of carbonyl (C=O) groups excluding carboxylic acids is 1. The van der Waals surface area contributed by atoms with Gasteiger partial charge in [-0.3, -0.25) is 9.69 Å². The van der Waals surface area contributed by atoms with Crippen molar-refractivity contribution in [2.24, 2.45) is 0 Å². The summed E-state index contributed by atoms with van der Waals surface area (Å²) in [6.07, 6.45) is 2.32. The minimum atomic E-state index is 0.116. The standard InChI is InChI=1S/C10H21N3O/c1-3-13(8-10(14)11-2)9-4-6-12-7-5-9/h9,12H,3-8H2,1-2H3,(H,11,14). The molecule has 14 heavy (non-hydrogen) atoms. The van der Waals surface area contributed by atoms with E-state index in [0.717, 1.165) is 32.5 Å². The van der Waals surface area contributed by atoms with Crippen molar-refractivity contribution in [1.82, 2.24) is 15.5 Å². The number of amides is 1. The van der Waals surface area contributed by atoms with Crippen LogP contribution in [0.3, 0.4) is 0 Å². The Morgan fingerprint density at radius 1 is 1.50 bits per heavy atom. The molecule has 1 aliphatic rings. The third-order valence-electron chi connectivity index (χ3n) is 2.86. The van der Waals surface area contributed by atoms with Gasteiger partial charge in [0.1, 0.15) is 0 Å². The van der Waals surface area contributed by atoms with Gasteiger partial charge in [-0.05, 0) is 32.5 Å². The highest BCUT2D eigenvalue weighted by atomic mass is 16.1. The molecule has 0 aromatic rings. The summed E-state index contributed by atoms with van der Waals surface area (Å²) in [6, 6.07) is 0.582. The van der Waals surface area contributed by atoms with Gasteiger partial charge in [-0.1, -0.05) is 6.92 Å². The molecule has 0 aromatic heterocycles. The zero-order valence-electron chi connectivity index (χ0n) is 9.18. The molecule has 0 bridgehead atoms. The average Bonchev–Trinajstić information content (AvgIpc) is 2.26. The molecule has 0 saturated carbocycles. The minimum Gasteiger partial charge on any atom is -0.358 e. The van der Waals surface area contributed by atoms with Gasteiger partial charge in [0.15, 0.2) is 0 Å². The van der Waals surface area contributed by atoms with Gasteiger partial charge in [-0.15, -0.1) is 0 Å². The Kier molecular flexibility index (Phi) is 4.90. The average molecular weight is 199 g/mol. The quantitative estimate of drug-likeness (QED) is 0.659. The molecule has 1 rings (SSSR count). The van der Waals surface area contributed by atoms with Crippen LogP contribution in [0.4, 0.5) is 0 Å². The first-order valence-corrected chi connectivity index (χ1v) is 5.43. The molecule has 0 aromatic carbocycles. The van der Waals surface area contributed by atoms with Gasteiger partial charge in [-0.2, -0.15) is 0 Å². The predicted molar refractivity (Wildman–Crippen MR) is 57.2 cm³/mol. The lowest BCUT2D eigenvalue weighted by molar-refractivity contribution is -0.122. The number of piperidine rings is 1. The topological polar surface area (TPSA) is 44.4 Å². The van der Waals surface area contributed by atoms with Crippen LogP contribution in [-0.2, 0) is 4.79 Å². The molecule has 2 N–H and O–H groups in total. The van der Waals surface area contributed by atoms with E-state index in [2.05, 4.69) is 22.5 Å². The molecule has 4 nitrogen and oxygen atoms in total. The largest absolute Gasteiger partial charge is 0.358 e. The third-order valence-corrected chi connectivity index (χ3v) is 2.86. The van der Waals surface area contributed by atoms with Gasteiger partial charge in [0.2, 0.25) is 5.91 Å². The fraction of sp³-hybridized carbons (Fsp3) is 0.900. The molecule has 1 aliphatic heterocycles. The normalized spacial score (nSPS) is 18.5. The first kappa shape index (κ1) is 11.5. The molecule has 0 radical (unpaired) electrons. The molecule has 4 heteroatoms. The van der Waals surface area contributed by atoms with E-state index in [0.29, 0.717) is 12.6 Å². The molecule has 0 atom stereocenters. The number of nitrogens with zero attached hydrogens (tertiary/aromatic N) is 1. The maximum absolute atomic E-state index is 11.3. The van der Waals surface area contributed by atoms with Crippen molar-refractivity contribution >= 4 is 5.91 Å². The van der Waals surface area contributed by atoms with E-state index < -0.39 is 0 Å². The van der Waals surface area contributed by atoms with Gasteiger partial charge in [0, 0.05) is 13.1 Å². The zero-order chi connectivity index (χ0) is 10.4. The van der Waals surface area contributed by atoms with Gasteiger partial charge in [0.05, 0.1) is 6.54 Å². The van der Waals surface area contributed by atoms with E-state index in [1.165, 1.54) is 0 Å². The third kappa shape index (κ3) is 3.27. The molecule has 1 fully saturated rings. The number of carbonyl (C=O) groups is 1. The van der Waals surface area contributed by atoms with Crippen LogP contribution in [0.5, 0.6) is 0 Å². The van der Waals surface area contributed by atoms with Gasteiger partial charge < -0.3 is 10.6 Å². The lowest BCUT2D eigenvalue weighted by atomic mass is 10.0. The van der Waals surface area contributed by atoms with Crippen LogP contribution in [0.1, 0.15) is 19.8 Å². The summed E-state index contributed by atoms with van der Waals surface area (Å²) < 4.78 is 0. The molecular formula is C10H21N3O. The van der Waals surface area contributed by atoms with Crippen LogP contribution in [0.15, 0.2) is 0 Å². The number of nitrogens with one attached hydrogen (secondary N) is 2. The summed E-state index contributed by atoms with van der Waals surface area (Å²) in [5, 5.41) is 6.01. The lowest BCUT2D eigenvalue weighted by Gasteiger charge is -2.33. The second-order valence-electron chi connectivity index (χ2n) is 3.72. The van der Waals surface area contributed by atoms with Crippen LogP contribution in [0.25, 0.3) is 0 Å². The Bertz CT molecular complexity index is 178. The molecular weight excluding hydrogens is 178 g/mol.